The molecule has 0 aromatic heterocycles. The molecule has 0 aromatic rings. The van der Waals surface area contributed by atoms with Gasteiger partial charge in [-0.05, 0) is 25.8 Å². The van der Waals surface area contributed by atoms with Crippen LogP contribution in [0, 0.1) is 5.92 Å². The second kappa shape index (κ2) is 11.9. The van der Waals surface area contributed by atoms with Gasteiger partial charge in [-0.25, -0.2) is 0 Å². The van der Waals surface area contributed by atoms with Crippen LogP contribution < -0.4 is 0 Å². The fourth-order valence-corrected chi connectivity index (χ4v) is 2.19. The first-order valence-corrected chi connectivity index (χ1v) is 7.42. The molecule has 1 nitrogen and oxygen atoms in total. The van der Waals surface area contributed by atoms with Crippen molar-refractivity contribution in [3.63, 3.8) is 0 Å². The van der Waals surface area contributed by atoms with Crippen molar-refractivity contribution in [2.24, 2.45) is 5.92 Å². The summed E-state index contributed by atoms with van der Waals surface area (Å²) in [7, 11) is 0. The lowest BCUT2D eigenvalue weighted by Gasteiger charge is -2.13. The highest BCUT2D eigenvalue weighted by Gasteiger charge is 2.14. The van der Waals surface area contributed by atoms with E-state index < -0.39 is 0 Å². The summed E-state index contributed by atoms with van der Waals surface area (Å²) in [4.78, 5) is 11.9. The molecule has 0 heterocycles. The van der Waals surface area contributed by atoms with Crippen molar-refractivity contribution >= 4 is 5.78 Å². The molecule has 1 atom stereocenters. The third-order valence-corrected chi connectivity index (χ3v) is 3.30. The Morgan fingerprint density at radius 2 is 1.47 bits per heavy atom. The van der Waals surface area contributed by atoms with Crippen molar-refractivity contribution in [1.82, 2.24) is 0 Å². The van der Waals surface area contributed by atoms with Crippen LogP contribution in [0.5, 0.6) is 0 Å². The van der Waals surface area contributed by atoms with Gasteiger partial charge in [0.05, 0.1) is 0 Å². The minimum Gasteiger partial charge on any atom is -0.295 e. The molecule has 0 saturated carbocycles. The zero-order valence-electron chi connectivity index (χ0n) is 12.0. The smallest absolute Gasteiger partial charge is 0.158 e. The monoisotopic (exact) mass is 238 g/mol. The van der Waals surface area contributed by atoms with Gasteiger partial charge in [0.1, 0.15) is 0 Å². The van der Waals surface area contributed by atoms with E-state index in [9.17, 15) is 4.79 Å². The summed E-state index contributed by atoms with van der Waals surface area (Å²) in [6.45, 7) is 6.37. The van der Waals surface area contributed by atoms with Gasteiger partial charge in [-0.3, -0.25) is 4.79 Å². The highest BCUT2D eigenvalue weighted by Crippen LogP contribution is 2.19. The van der Waals surface area contributed by atoms with Gasteiger partial charge in [0, 0.05) is 5.92 Å². The zero-order chi connectivity index (χ0) is 12.9. The van der Waals surface area contributed by atoms with Crippen LogP contribution in [-0.4, -0.2) is 5.78 Å². The van der Waals surface area contributed by atoms with Crippen LogP contribution in [0.3, 0.4) is 0 Å². The number of carbonyl (C=O) groups is 1. The first kappa shape index (κ1) is 16.4. The Labute approximate surface area is 108 Å². The first-order valence-electron chi connectivity index (χ1n) is 7.42. The Morgan fingerprint density at radius 3 is 2.00 bits per heavy atom. The molecule has 0 aliphatic rings. The number of hydrogen-bond acceptors (Lipinski definition) is 1. The number of allylic oxidation sites excluding steroid dienone is 2. The standard InChI is InChI=1S/C16H30O/c1-4-7-9-11-14-15(13-10-8-5-2)16(17)12-6-3/h6,12,15H,4-5,7-11,13-14H2,1-3H3/b12-6-. The molecule has 0 bridgehead atoms. The van der Waals surface area contributed by atoms with Gasteiger partial charge in [0.2, 0.25) is 0 Å². The fraction of sp³-hybridized carbons (Fsp3) is 0.812. The van der Waals surface area contributed by atoms with Crippen LogP contribution in [0.15, 0.2) is 12.2 Å². The van der Waals surface area contributed by atoms with Crippen molar-refractivity contribution in [1.29, 1.82) is 0 Å². The first-order chi connectivity index (χ1) is 8.26. The summed E-state index contributed by atoms with van der Waals surface area (Å²) >= 11 is 0. The number of unbranched alkanes of at least 4 members (excludes halogenated alkanes) is 5. The lowest BCUT2D eigenvalue weighted by atomic mass is 9.91. The SMILES string of the molecule is C/C=C\C(=O)C(CCCCC)CCCCCC. The largest absolute Gasteiger partial charge is 0.295 e. The van der Waals surface area contributed by atoms with E-state index in [2.05, 4.69) is 13.8 Å². The maximum atomic E-state index is 11.9. The molecule has 0 radical (unpaired) electrons. The van der Waals surface area contributed by atoms with Gasteiger partial charge < -0.3 is 0 Å². The lowest BCUT2D eigenvalue weighted by Crippen LogP contribution is -2.12. The van der Waals surface area contributed by atoms with E-state index in [0.29, 0.717) is 5.78 Å². The van der Waals surface area contributed by atoms with Crippen molar-refractivity contribution in [2.45, 2.75) is 78.6 Å². The summed E-state index contributed by atoms with van der Waals surface area (Å²) in [5.74, 6) is 0.634. The van der Waals surface area contributed by atoms with E-state index in [4.69, 9.17) is 0 Å². The molecule has 0 spiro atoms. The van der Waals surface area contributed by atoms with Gasteiger partial charge in [-0.15, -0.1) is 0 Å². The van der Waals surface area contributed by atoms with Crippen molar-refractivity contribution < 1.29 is 4.79 Å². The van der Waals surface area contributed by atoms with Crippen molar-refractivity contribution in [2.75, 3.05) is 0 Å². The Bertz CT molecular complexity index is 206. The molecule has 0 aliphatic carbocycles. The third-order valence-electron chi connectivity index (χ3n) is 3.30. The van der Waals surface area contributed by atoms with Crippen LogP contribution in [0.4, 0.5) is 0 Å². The molecular weight excluding hydrogens is 208 g/mol. The molecule has 17 heavy (non-hydrogen) atoms. The van der Waals surface area contributed by atoms with Crippen LogP contribution in [0.25, 0.3) is 0 Å². The lowest BCUT2D eigenvalue weighted by molar-refractivity contribution is -0.118. The van der Waals surface area contributed by atoms with Gasteiger partial charge in [0.25, 0.3) is 0 Å². The Morgan fingerprint density at radius 1 is 0.941 bits per heavy atom. The van der Waals surface area contributed by atoms with E-state index in [0.717, 1.165) is 12.8 Å². The number of ketones is 1. The molecule has 0 aromatic carbocycles. The molecule has 0 rings (SSSR count). The number of carbonyl (C=O) groups excluding carboxylic acids is 1. The molecule has 0 saturated heterocycles. The molecular formula is C16H30O. The van der Waals surface area contributed by atoms with E-state index in [1.807, 2.05) is 13.0 Å². The summed E-state index contributed by atoms with van der Waals surface area (Å²) in [5.41, 5.74) is 0. The van der Waals surface area contributed by atoms with Gasteiger partial charge in [-0.1, -0.05) is 64.9 Å². The van der Waals surface area contributed by atoms with Crippen molar-refractivity contribution in [3.05, 3.63) is 12.2 Å². The minimum absolute atomic E-state index is 0.287. The van der Waals surface area contributed by atoms with Crippen LogP contribution in [0.2, 0.25) is 0 Å². The molecule has 1 heteroatoms. The van der Waals surface area contributed by atoms with Crippen LogP contribution in [-0.2, 0) is 4.79 Å². The Hall–Kier alpha value is -0.590. The average Bonchev–Trinajstić information content (AvgIpc) is 2.32. The van der Waals surface area contributed by atoms with Gasteiger partial charge in [-0.2, -0.15) is 0 Å². The summed E-state index contributed by atoms with van der Waals surface area (Å²) in [5, 5.41) is 0. The molecule has 100 valence electrons. The van der Waals surface area contributed by atoms with E-state index in [-0.39, 0.29) is 5.92 Å². The molecule has 0 fully saturated rings. The number of hydrogen-bond donors (Lipinski definition) is 0. The second-order valence-electron chi connectivity index (χ2n) is 4.94. The Kier molecular flexibility index (Phi) is 11.5. The van der Waals surface area contributed by atoms with Crippen LogP contribution >= 0.6 is 0 Å². The maximum Gasteiger partial charge on any atom is 0.158 e. The molecule has 0 N–H and O–H groups in total. The quantitative estimate of drug-likeness (QED) is 0.353. The van der Waals surface area contributed by atoms with E-state index in [1.165, 1.54) is 44.9 Å². The minimum atomic E-state index is 0.287. The summed E-state index contributed by atoms with van der Waals surface area (Å²) < 4.78 is 0. The summed E-state index contributed by atoms with van der Waals surface area (Å²) in [6, 6.07) is 0. The molecule has 1 unspecified atom stereocenters. The predicted molar refractivity (Wildman–Crippen MR) is 76.2 cm³/mol. The van der Waals surface area contributed by atoms with Gasteiger partial charge >= 0.3 is 0 Å². The topological polar surface area (TPSA) is 17.1 Å². The van der Waals surface area contributed by atoms with E-state index in [1.54, 1.807) is 6.08 Å². The van der Waals surface area contributed by atoms with E-state index >= 15 is 0 Å². The third kappa shape index (κ3) is 9.14. The second-order valence-corrected chi connectivity index (χ2v) is 4.94. The predicted octanol–water partition coefficient (Wildman–Crippen LogP) is 5.30. The number of rotatable bonds is 11. The summed E-state index contributed by atoms with van der Waals surface area (Å²) in [6.07, 6.45) is 14.6. The molecule has 0 aliphatic heterocycles. The Balaban J connectivity index is 3.96. The maximum absolute atomic E-state index is 11.9. The zero-order valence-corrected chi connectivity index (χ0v) is 12.0. The highest BCUT2D eigenvalue weighted by molar-refractivity contribution is 5.91. The van der Waals surface area contributed by atoms with Crippen molar-refractivity contribution in [3.8, 4) is 0 Å². The highest BCUT2D eigenvalue weighted by atomic mass is 16.1. The van der Waals surface area contributed by atoms with Gasteiger partial charge in [0.15, 0.2) is 5.78 Å². The molecule has 0 amide bonds. The van der Waals surface area contributed by atoms with Crippen LogP contribution in [0.1, 0.15) is 78.6 Å². The normalized spacial score (nSPS) is 13.1. The fourth-order valence-electron chi connectivity index (χ4n) is 2.19. The average molecular weight is 238 g/mol.